The Labute approximate surface area is 152 Å². The molecule has 0 radical (unpaired) electrons. The van der Waals surface area contributed by atoms with E-state index in [4.69, 9.17) is 13.6 Å². The maximum atomic E-state index is 12.9. The van der Waals surface area contributed by atoms with Crippen LogP contribution in [0.4, 0.5) is 0 Å². The van der Waals surface area contributed by atoms with Crippen LogP contribution in [0.5, 0.6) is 0 Å². The molecule has 2 heterocycles. The summed E-state index contributed by atoms with van der Waals surface area (Å²) in [6, 6.07) is 13.4. The van der Waals surface area contributed by atoms with Gasteiger partial charge in [-0.2, -0.15) is 0 Å². The summed E-state index contributed by atoms with van der Waals surface area (Å²) in [6.45, 7) is 1.21. The van der Waals surface area contributed by atoms with E-state index in [0.717, 1.165) is 0 Å². The summed E-state index contributed by atoms with van der Waals surface area (Å²) in [6.07, 6.45) is 1.20. The molecular formula is C21H14O6. The van der Waals surface area contributed by atoms with E-state index < -0.39 is 12.1 Å². The number of para-hydroxylation sites is 2. The summed E-state index contributed by atoms with van der Waals surface area (Å²) in [5.74, 6) is -0.639. The van der Waals surface area contributed by atoms with Gasteiger partial charge in [-0.3, -0.25) is 14.4 Å². The van der Waals surface area contributed by atoms with E-state index in [1.165, 1.54) is 19.5 Å². The number of benzene rings is 2. The summed E-state index contributed by atoms with van der Waals surface area (Å²) in [5.41, 5.74) is 0.140. The lowest BCUT2D eigenvalue weighted by Crippen LogP contribution is -2.23. The molecule has 2 aromatic heterocycles. The van der Waals surface area contributed by atoms with Crippen LogP contribution in [-0.4, -0.2) is 5.97 Å². The zero-order valence-electron chi connectivity index (χ0n) is 14.3. The van der Waals surface area contributed by atoms with Crippen molar-refractivity contribution < 1.29 is 18.4 Å². The van der Waals surface area contributed by atoms with Gasteiger partial charge in [-0.25, -0.2) is 0 Å². The van der Waals surface area contributed by atoms with Gasteiger partial charge in [-0.1, -0.05) is 24.3 Å². The third-order valence-corrected chi connectivity index (χ3v) is 4.26. The van der Waals surface area contributed by atoms with Crippen molar-refractivity contribution in [3.63, 3.8) is 0 Å². The molecule has 0 aliphatic carbocycles. The van der Waals surface area contributed by atoms with E-state index in [2.05, 4.69) is 0 Å². The highest BCUT2D eigenvalue weighted by atomic mass is 16.5. The molecule has 0 N–H and O–H groups in total. The number of ether oxygens (including phenoxy) is 1. The normalized spacial score (nSPS) is 11.2. The van der Waals surface area contributed by atoms with E-state index in [1.807, 2.05) is 0 Å². The smallest absolute Gasteiger partial charge is 0.303 e. The molecular weight excluding hydrogens is 348 g/mol. The highest BCUT2D eigenvalue weighted by Crippen LogP contribution is 2.25. The second kappa shape index (κ2) is 6.57. The molecule has 2 aromatic carbocycles. The molecule has 0 unspecified atom stereocenters. The van der Waals surface area contributed by atoms with Crippen LogP contribution in [0.2, 0.25) is 0 Å². The van der Waals surface area contributed by atoms with Gasteiger partial charge in [0.05, 0.1) is 21.9 Å². The van der Waals surface area contributed by atoms with Gasteiger partial charge in [0.15, 0.2) is 17.0 Å². The number of fused-ring (bicyclic) bond motifs is 2. The van der Waals surface area contributed by atoms with Crippen LogP contribution in [0.1, 0.15) is 24.2 Å². The van der Waals surface area contributed by atoms with Crippen LogP contribution in [0.25, 0.3) is 21.9 Å². The molecule has 0 amide bonds. The van der Waals surface area contributed by atoms with Gasteiger partial charge in [0.2, 0.25) is 0 Å². The summed E-state index contributed by atoms with van der Waals surface area (Å²) in [4.78, 5) is 37.5. The lowest BCUT2D eigenvalue weighted by molar-refractivity contribution is -0.144. The van der Waals surface area contributed by atoms with Crippen molar-refractivity contribution in [3.8, 4) is 0 Å². The lowest BCUT2D eigenvalue weighted by atomic mass is 10.0. The van der Waals surface area contributed by atoms with Crippen LogP contribution < -0.4 is 10.9 Å². The minimum absolute atomic E-state index is 0.0477. The summed E-state index contributed by atoms with van der Waals surface area (Å²) in [7, 11) is 0. The predicted octanol–water partition coefficient (Wildman–Crippen LogP) is 3.55. The minimum atomic E-state index is -1.23. The molecule has 0 spiro atoms. The second-order valence-corrected chi connectivity index (χ2v) is 6.02. The minimum Gasteiger partial charge on any atom is -0.464 e. The monoisotopic (exact) mass is 362 g/mol. The van der Waals surface area contributed by atoms with E-state index in [0.29, 0.717) is 21.9 Å². The molecule has 0 atom stereocenters. The highest BCUT2D eigenvalue weighted by molar-refractivity contribution is 5.78. The maximum absolute atomic E-state index is 12.9. The summed E-state index contributed by atoms with van der Waals surface area (Å²) < 4.78 is 16.3. The number of hydrogen-bond acceptors (Lipinski definition) is 6. The molecule has 4 rings (SSSR count). The van der Waals surface area contributed by atoms with E-state index in [1.54, 1.807) is 48.5 Å². The van der Waals surface area contributed by atoms with Crippen molar-refractivity contribution in [1.82, 2.24) is 0 Å². The summed E-state index contributed by atoms with van der Waals surface area (Å²) >= 11 is 0. The van der Waals surface area contributed by atoms with Crippen LogP contribution in [0, 0.1) is 0 Å². The average Bonchev–Trinajstić information content (AvgIpc) is 2.68. The zero-order valence-corrected chi connectivity index (χ0v) is 14.3. The van der Waals surface area contributed by atoms with Crippen LogP contribution in [-0.2, 0) is 9.53 Å². The first-order valence-corrected chi connectivity index (χ1v) is 8.24. The Morgan fingerprint density at radius 1 is 0.815 bits per heavy atom. The predicted molar refractivity (Wildman–Crippen MR) is 98.6 cm³/mol. The van der Waals surface area contributed by atoms with Crippen LogP contribution in [0.3, 0.4) is 0 Å². The van der Waals surface area contributed by atoms with Crippen LogP contribution >= 0.6 is 0 Å². The molecule has 0 saturated heterocycles. The standard InChI is InChI=1S/C21H14O6/c1-12(22)27-21(15-10-25-17-8-4-2-6-13(17)19(15)23)16-11-26-18-9-5-3-7-14(18)20(16)24/h2-11,21H,1H3. The Kier molecular flexibility index (Phi) is 4.08. The van der Waals surface area contributed by atoms with Crippen molar-refractivity contribution in [2.45, 2.75) is 13.0 Å². The first-order valence-electron chi connectivity index (χ1n) is 8.24. The van der Waals surface area contributed by atoms with Gasteiger partial charge in [-0.05, 0) is 24.3 Å². The number of carbonyl (C=O) groups is 1. The Hall–Kier alpha value is -3.67. The molecule has 0 saturated carbocycles. The van der Waals surface area contributed by atoms with Gasteiger partial charge in [0, 0.05) is 6.92 Å². The van der Waals surface area contributed by atoms with Gasteiger partial charge in [0.1, 0.15) is 23.7 Å². The molecule has 4 aromatic rings. The SMILES string of the molecule is CC(=O)OC(c1coc2ccccc2c1=O)c1coc2ccccc2c1=O. The van der Waals surface area contributed by atoms with Crippen molar-refractivity contribution in [1.29, 1.82) is 0 Å². The topological polar surface area (TPSA) is 86.7 Å². The molecule has 6 nitrogen and oxygen atoms in total. The molecule has 0 aliphatic heterocycles. The number of carbonyl (C=O) groups excluding carboxylic acids is 1. The molecule has 6 heteroatoms. The average molecular weight is 362 g/mol. The number of rotatable bonds is 3. The second-order valence-electron chi connectivity index (χ2n) is 6.02. The molecule has 0 aliphatic rings. The van der Waals surface area contributed by atoms with Gasteiger partial charge in [0.25, 0.3) is 0 Å². The molecule has 0 bridgehead atoms. The van der Waals surface area contributed by atoms with Crippen molar-refractivity contribution in [2.24, 2.45) is 0 Å². The quantitative estimate of drug-likeness (QED) is 0.518. The van der Waals surface area contributed by atoms with E-state index >= 15 is 0 Å². The molecule has 0 fully saturated rings. The number of esters is 1. The van der Waals surface area contributed by atoms with Crippen molar-refractivity contribution in [3.05, 3.63) is 92.6 Å². The number of hydrogen-bond donors (Lipinski definition) is 0. The molecule has 134 valence electrons. The fraction of sp³-hybridized carbons (Fsp3) is 0.0952. The first kappa shape index (κ1) is 16.8. The van der Waals surface area contributed by atoms with E-state index in [9.17, 15) is 14.4 Å². The lowest BCUT2D eigenvalue weighted by Gasteiger charge is -2.16. The van der Waals surface area contributed by atoms with Crippen molar-refractivity contribution in [2.75, 3.05) is 0 Å². The highest BCUT2D eigenvalue weighted by Gasteiger charge is 2.26. The Balaban J connectivity index is 1.97. The fourth-order valence-electron chi connectivity index (χ4n) is 3.01. The zero-order chi connectivity index (χ0) is 19.0. The Bertz CT molecular complexity index is 1190. The van der Waals surface area contributed by atoms with Gasteiger partial charge >= 0.3 is 5.97 Å². The van der Waals surface area contributed by atoms with Gasteiger partial charge < -0.3 is 13.6 Å². The largest absolute Gasteiger partial charge is 0.464 e. The third-order valence-electron chi connectivity index (χ3n) is 4.26. The Morgan fingerprint density at radius 3 is 1.70 bits per heavy atom. The fourth-order valence-corrected chi connectivity index (χ4v) is 3.01. The van der Waals surface area contributed by atoms with Gasteiger partial charge in [-0.15, -0.1) is 0 Å². The Morgan fingerprint density at radius 2 is 1.26 bits per heavy atom. The third kappa shape index (κ3) is 2.91. The maximum Gasteiger partial charge on any atom is 0.303 e. The van der Waals surface area contributed by atoms with Crippen LogP contribution in [0.15, 0.2) is 79.5 Å². The van der Waals surface area contributed by atoms with E-state index in [-0.39, 0.29) is 22.0 Å². The molecule has 27 heavy (non-hydrogen) atoms. The summed E-state index contributed by atoms with van der Waals surface area (Å²) in [5, 5.41) is 0.662. The van der Waals surface area contributed by atoms with Crippen molar-refractivity contribution >= 4 is 27.9 Å². The first-order chi connectivity index (χ1) is 13.1.